The number of rotatable bonds is 0. The molecule has 1 aromatic rings. The van der Waals surface area contributed by atoms with Gasteiger partial charge in [0.25, 0.3) is 0 Å². The Bertz CT molecular complexity index is 353. The molecule has 1 aliphatic rings. The van der Waals surface area contributed by atoms with Crippen molar-refractivity contribution in [1.29, 1.82) is 0 Å². The molecule has 2 rings (SSSR count). The lowest BCUT2D eigenvalue weighted by atomic mass is 9.94. The average molecular weight is 176 g/mol. The summed E-state index contributed by atoms with van der Waals surface area (Å²) < 4.78 is 0. The summed E-state index contributed by atoms with van der Waals surface area (Å²) >= 11 is 0. The molecule has 0 amide bonds. The van der Waals surface area contributed by atoms with Crippen LogP contribution in [0.4, 0.5) is 0 Å². The van der Waals surface area contributed by atoms with Crippen LogP contribution in [-0.2, 0) is 6.42 Å². The molecule has 0 bridgehead atoms. The lowest BCUT2D eigenvalue weighted by Crippen LogP contribution is -1.94. The fourth-order valence-corrected chi connectivity index (χ4v) is 2.41. The summed E-state index contributed by atoms with van der Waals surface area (Å²) in [7, 11) is 0. The van der Waals surface area contributed by atoms with Crippen molar-refractivity contribution in [2.75, 3.05) is 0 Å². The average Bonchev–Trinajstić information content (AvgIpc) is 2.44. The second-order valence-electron chi connectivity index (χ2n) is 4.17. The van der Waals surface area contributed by atoms with E-state index in [1.54, 1.807) is 0 Å². The number of aryl methyl sites for hydroxylation is 1. The second kappa shape index (κ2) is 2.76. The topological polar surface area (TPSA) is 20.2 Å². The van der Waals surface area contributed by atoms with Crippen molar-refractivity contribution in [2.24, 2.45) is 0 Å². The summed E-state index contributed by atoms with van der Waals surface area (Å²) in [5.41, 5.74) is 5.18. The van der Waals surface area contributed by atoms with Crippen molar-refractivity contribution in [2.45, 2.75) is 39.5 Å². The lowest BCUT2D eigenvalue weighted by molar-refractivity contribution is 0.468. The van der Waals surface area contributed by atoms with Crippen LogP contribution in [0.15, 0.2) is 6.07 Å². The zero-order valence-corrected chi connectivity index (χ0v) is 8.52. The lowest BCUT2D eigenvalue weighted by Gasteiger charge is -2.12. The predicted octanol–water partition coefficient (Wildman–Crippen LogP) is 3.06. The Kier molecular flexibility index (Phi) is 1.83. The van der Waals surface area contributed by atoms with Gasteiger partial charge in [-0.2, -0.15) is 0 Å². The normalized spacial score (nSPS) is 20.4. The van der Waals surface area contributed by atoms with Gasteiger partial charge in [-0.15, -0.1) is 0 Å². The zero-order valence-electron chi connectivity index (χ0n) is 8.52. The van der Waals surface area contributed by atoms with Crippen molar-refractivity contribution in [3.8, 4) is 5.75 Å². The quantitative estimate of drug-likeness (QED) is 0.644. The Hall–Kier alpha value is -0.980. The third kappa shape index (κ3) is 1.14. The van der Waals surface area contributed by atoms with E-state index in [1.165, 1.54) is 28.7 Å². The van der Waals surface area contributed by atoms with Crippen LogP contribution in [0.25, 0.3) is 0 Å². The van der Waals surface area contributed by atoms with Crippen LogP contribution in [0.5, 0.6) is 5.75 Å². The Morgan fingerprint density at radius 2 is 2.08 bits per heavy atom. The first kappa shape index (κ1) is 8.61. The van der Waals surface area contributed by atoms with E-state index in [9.17, 15) is 5.11 Å². The first-order valence-corrected chi connectivity index (χ1v) is 4.93. The van der Waals surface area contributed by atoms with Crippen LogP contribution < -0.4 is 0 Å². The molecular formula is C12H16O. The number of phenolic OH excluding ortho intramolecular Hbond substituents is 1. The van der Waals surface area contributed by atoms with Gasteiger partial charge in [-0.3, -0.25) is 0 Å². The Morgan fingerprint density at radius 1 is 1.38 bits per heavy atom. The molecule has 1 N–H and O–H groups in total. The molecule has 0 radical (unpaired) electrons. The highest BCUT2D eigenvalue weighted by molar-refractivity contribution is 5.52. The van der Waals surface area contributed by atoms with E-state index in [-0.39, 0.29) is 0 Å². The summed E-state index contributed by atoms with van der Waals surface area (Å²) in [5.74, 6) is 1.13. The molecule has 0 saturated heterocycles. The standard InChI is InChI=1S/C12H16O/c1-7-4-5-10-11(13)6-8(2)9(3)12(7)10/h6-7,13H,4-5H2,1-3H3. The van der Waals surface area contributed by atoms with Gasteiger partial charge < -0.3 is 5.11 Å². The molecule has 1 unspecified atom stereocenters. The van der Waals surface area contributed by atoms with Gasteiger partial charge in [-0.1, -0.05) is 6.92 Å². The third-order valence-corrected chi connectivity index (χ3v) is 3.30. The monoisotopic (exact) mass is 176 g/mol. The van der Waals surface area contributed by atoms with Gasteiger partial charge >= 0.3 is 0 Å². The fourth-order valence-electron chi connectivity index (χ4n) is 2.41. The molecule has 0 aromatic heterocycles. The summed E-state index contributed by atoms with van der Waals surface area (Å²) in [6.07, 6.45) is 2.23. The van der Waals surface area contributed by atoms with E-state index in [1.807, 2.05) is 6.07 Å². The van der Waals surface area contributed by atoms with Crippen LogP contribution >= 0.6 is 0 Å². The molecule has 1 aromatic carbocycles. The molecule has 1 nitrogen and oxygen atoms in total. The summed E-state index contributed by atoms with van der Waals surface area (Å²) in [6.45, 7) is 6.48. The second-order valence-corrected chi connectivity index (χ2v) is 4.17. The molecule has 0 fully saturated rings. The molecule has 0 spiro atoms. The molecule has 0 aliphatic heterocycles. The highest BCUT2D eigenvalue weighted by Crippen LogP contribution is 2.40. The first-order valence-electron chi connectivity index (χ1n) is 4.93. The van der Waals surface area contributed by atoms with E-state index in [0.29, 0.717) is 11.7 Å². The van der Waals surface area contributed by atoms with Crippen molar-refractivity contribution >= 4 is 0 Å². The Labute approximate surface area is 79.4 Å². The van der Waals surface area contributed by atoms with E-state index < -0.39 is 0 Å². The molecular weight excluding hydrogens is 160 g/mol. The van der Waals surface area contributed by atoms with Crippen molar-refractivity contribution < 1.29 is 5.11 Å². The van der Waals surface area contributed by atoms with Gasteiger partial charge in [0.15, 0.2) is 0 Å². The maximum Gasteiger partial charge on any atom is 0.119 e. The van der Waals surface area contributed by atoms with Gasteiger partial charge in [0.2, 0.25) is 0 Å². The molecule has 1 atom stereocenters. The van der Waals surface area contributed by atoms with E-state index in [2.05, 4.69) is 20.8 Å². The zero-order chi connectivity index (χ0) is 9.59. The van der Waals surface area contributed by atoms with Crippen molar-refractivity contribution in [1.82, 2.24) is 0 Å². The number of phenols is 1. The summed E-state index contributed by atoms with van der Waals surface area (Å²) in [5, 5.41) is 9.75. The maximum absolute atomic E-state index is 9.75. The number of hydrogen-bond acceptors (Lipinski definition) is 1. The smallest absolute Gasteiger partial charge is 0.119 e. The van der Waals surface area contributed by atoms with E-state index in [4.69, 9.17) is 0 Å². The van der Waals surface area contributed by atoms with Crippen LogP contribution in [0.1, 0.15) is 41.5 Å². The Balaban J connectivity index is 2.70. The third-order valence-electron chi connectivity index (χ3n) is 3.30. The fraction of sp³-hybridized carbons (Fsp3) is 0.500. The molecule has 13 heavy (non-hydrogen) atoms. The van der Waals surface area contributed by atoms with Gasteiger partial charge in [0, 0.05) is 0 Å². The van der Waals surface area contributed by atoms with E-state index in [0.717, 1.165) is 6.42 Å². The van der Waals surface area contributed by atoms with Gasteiger partial charge in [0.05, 0.1) is 0 Å². The highest BCUT2D eigenvalue weighted by atomic mass is 16.3. The molecule has 0 saturated carbocycles. The summed E-state index contributed by atoms with van der Waals surface area (Å²) in [4.78, 5) is 0. The number of hydrogen-bond donors (Lipinski definition) is 1. The van der Waals surface area contributed by atoms with Crippen LogP contribution in [0.3, 0.4) is 0 Å². The minimum absolute atomic E-state index is 0.502. The maximum atomic E-state index is 9.75. The largest absolute Gasteiger partial charge is 0.508 e. The van der Waals surface area contributed by atoms with Gasteiger partial charge in [0.1, 0.15) is 5.75 Å². The van der Waals surface area contributed by atoms with Crippen LogP contribution in [0, 0.1) is 13.8 Å². The Morgan fingerprint density at radius 3 is 2.77 bits per heavy atom. The van der Waals surface area contributed by atoms with Crippen molar-refractivity contribution in [3.05, 3.63) is 28.3 Å². The minimum Gasteiger partial charge on any atom is -0.508 e. The van der Waals surface area contributed by atoms with Gasteiger partial charge in [-0.25, -0.2) is 0 Å². The van der Waals surface area contributed by atoms with Crippen LogP contribution in [0.2, 0.25) is 0 Å². The summed E-state index contributed by atoms with van der Waals surface area (Å²) in [6, 6.07) is 1.90. The SMILES string of the molecule is Cc1cc(O)c2c(c1C)C(C)CC2. The minimum atomic E-state index is 0.502. The van der Waals surface area contributed by atoms with Gasteiger partial charge in [-0.05, 0) is 60.9 Å². The first-order chi connectivity index (χ1) is 6.11. The molecule has 70 valence electrons. The predicted molar refractivity (Wildman–Crippen MR) is 54.3 cm³/mol. The molecule has 1 aliphatic carbocycles. The molecule has 0 heterocycles. The number of fused-ring (bicyclic) bond motifs is 1. The number of benzene rings is 1. The van der Waals surface area contributed by atoms with E-state index >= 15 is 0 Å². The molecule has 1 heteroatoms. The highest BCUT2D eigenvalue weighted by Gasteiger charge is 2.24. The van der Waals surface area contributed by atoms with Crippen LogP contribution in [-0.4, -0.2) is 5.11 Å². The van der Waals surface area contributed by atoms with Crippen molar-refractivity contribution in [3.63, 3.8) is 0 Å². The number of aromatic hydroxyl groups is 1.